The molecule has 0 amide bonds. The zero-order valence-corrected chi connectivity index (χ0v) is 9.71. The first kappa shape index (κ1) is 11.9. The molecule has 0 aliphatic carbocycles. The van der Waals surface area contributed by atoms with E-state index in [1.807, 2.05) is 0 Å². The van der Waals surface area contributed by atoms with Gasteiger partial charge in [0, 0.05) is 6.07 Å². The third-order valence-corrected chi connectivity index (χ3v) is 2.26. The molecular formula is C11H10N2O5. The summed E-state index contributed by atoms with van der Waals surface area (Å²) >= 11 is 0. The molecule has 2 rings (SSSR count). The molecule has 94 valence electrons. The zero-order chi connectivity index (χ0) is 13.1. The number of nitrogens with zero attached hydrogens (tertiary/aromatic N) is 2. The van der Waals surface area contributed by atoms with Crippen LogP contribution in [0.1, 0.15) is 10.7 Å². The second-order valence-corrected chi connectivity index (χ2v) is 3.29. The minimum atomic E-state index is -1.28. The number of carboxylic acids is 1. The Balaban J connectivity index is 2.45. The quantitative estimate of drug-likeness (QED) is 0.877. The predicted molar refractivity (Wildman–Crippen MR) is 59.8 cm³/mol. The molecule has 7 nitrogen and oxygen atoms in total. The van der Waals surface area contributed by atoms with Gasteiger partial charge in [-0.3, -0.25) is 0 Å². The minimum Gasteiger partial charge on any atom is -0.497 e. The summed E-state index contributed by atoms with van der Waals surface area (Å²) in [4.78, 5) is 14.4. The lowest BCUT2D eigenvalue weighted by molar-refractivity contribution is 0.0643. The van der Waals surface area contributed by atoms with Crippen molar-refractivity contribution in [1.82, 2.24) is 10.1 Å². The van der Waals surface area contributed by atoms with E-state index in [0.717, 1.165) is 0 Å². The summed E-state index contributed by atoms with van der Waals surface area (Å²) in [5.41, 5.74) is 0.523. The first-order valence-corrected chi connectivity index (χ1v) is 4.95. The Morgan fingerprint density at radius 1 is 1.33 bits per heavy atom. The van der Waals surface area contributed by atoms with Crippen LogP contribution in [-0.2, 0) is 0 Å². The molecule has 0 saturated heterocycles. The Kier molecular flexibility index (Phi) is 3.13. The number of aromatic nitrogens is 2. The van der Waals surface area contributed by atoms with Crippen molar-refractivity contribution in [3.05, 3.63) is 24.1 Å². The fraction of sp³-hybridized carbons (Fsp3) is 0.182. The normalized spacial score (nSPS) is 10.1. The minimum absolute atomic E-state index is 0.145. The number of rotatable bonds is 4. The highest BCUT2D eigenvalue weighted by Crippen LogP contribution is 2.31. The van der Waals surface area contributed by atoms with E-state index >= 15 is 0 Å². The Labute approximate surface area is 102 Å². The number of methoxy groups -OCH3 is 2. The first-order chi connectivity index (χ1) is 8.65. The van der Waals surface area contributed by atoms with Crippen molar-refractivity contribution >= 4 is 5.97 Å². The lowest BCUT2D eigenvalue weighted by atomic mass is 10.2. The highest BCUT2D eigenvalue weighted by molar-refractivity contribution is 5.82. The maximum Gasteiger partial charge on any atom is 0.394 e. The molecule has 0 bridgehead atoms. The van der Waals surface area contributed by atoms with Gasteiger partial charge in [-0.05, 0) is 12.1 Å². The van der Waals surface area contributed by atoms with Crippen molar-refractivity contribution < 1.29 is 23.9 Å². The Morgan fingerprint density at radius 3 is 2.67 bits per heavy atom. The molecule has 0 atom stereocenters. The van der Waals surface area contributed by atoms with Crippen molar-refractivity contribution in [2.45, 2.75) is 0 Å². The number of aromatic carboxylic acids is 1. The van der Waals surface area contributed by atoms with Crippen molar-refractivity contribution in [2.75, 3.05) is 14.2 Å². The van der Waals surface area contributed by atoms with Gasteiger partial charge in [0.2, 0.25) is 5.82 Å². The van der Waals surface area contributed by atoms with Crippen molar-refractivity contribution in [1.29, 1.82) is 0 Å². The molecule has 18 heavy (non-hydrogen) atoms. The van der Waals surface area contributed by atoms with Gasteiger partial charge in [-0.1, -0.05) is 5.16 Å². The van der Waals surface area contributed by atoms with Gasteiger partial charge in [0.05, 0.1) is 19.8 Å². The average molecular weight is 250 g/mol. The summed E-state index contributed by atoms with van der Waals surface area (Å²) in [6.07, 6.45) is 0. The van der Waals surface area contributed by atoms with Crippen LogP contribution < -0.4 is 9.47 Å². The monoisotopic (exact) mass is 250 g/mol. The summed E-state index contributed by atoms with van der Waals surface area (Å²) in [5.74, 6) is -0.527. The highest BCUT2D eigenvalue weighted by Gasteiger charge is 2.17. The maximum absolute atomic E-state index is 10.7. The fourth-order valence-electron chi connectivity index (χ4n) is 1.40. The molecule has 0 fully saturated rings. The van der Waals surface area contributed by atoms with Gasteiger partial charge in [0.25, 0.3) is 0 Å². The van der Waals surface area contributed by atoms with E-state index in [-0.39, 0.29) is 5.82 Å². The van der Waals surface area contributed by atoms with Gasteiger partial charge >= 0.3 is 11.9 Å². The lowest BCUT2D eigenvalue weighted by Gasteiger charge is -2.07. The Bertz CT molecular complexity index is 579. The van der Waals surface area contributed by atoms with E-state index in [1.54, 1.807) is 18.2 Å². The second kappa shape index (κ2) is 4.74. The number of ether oxygens (including phenoxy) is 2. The molecule has 0 radical (unpaired) electrons. The van der Waals surface area contributed by atoms with E-state index in [1.165, 1.54) is 14.2 Å². The molecule has 2 aromatic rings. The van der Waals surface area contributed by atoms with Gasteiger partial charge < -0.3 is 19.1 Å². The molecular weight excluding hydrogens is 240 g/mol. The lowest BCUT2D eigenvalue weighted by Crippen LogP contribution is -1.96. The van der Waals surface area contributed by atoms with Gasteiger partial charge in [-0.15, -0.1) is 0 Å². The summed E-state index contributed by atoms with van der Waals surface area (Å²) in [6, 6.07) is 4.99. The van der Waals surface area contributed by atoms with E-state index in [0.29, 0.717) is 17.1 Å². The van der Waals surface area contributed by atoms with E-state index in [2.05, 4.69) is 14.7 Å². The van der Waals surface area contributed by atoms with Crippen LogP contribution in [0.3, 0.4) is 0 Å². The van der Waals surface area contributed by atoms with Crippen LogP contribution in [0, 0.1) is 0 Å². The molecule has 0 aliphatic heterocycles. The predicted octanol–water partition coefficient (Wildman–Crippen LogP) is 1.45. The molecule has 1 aromatic heterocycles. The molecule has 1 heterocycles. The number of hydrogen-bond donors (Lipinski definition) is 1. The van der Waals surface area contributed by atoms with Crippen molar-refractivity contribution in [3.63, 3.8) is 0 Å². The SMILES string of the molecule is COc1ccc(-c2noc(C(=O)O)n2)c(OC)c1. The first-order valence-electron chi connectivity index (χ1n) is 4.95. The third-order valence-electron chi connectivity index (χ3n) is 2.26. The van der Waals surface area contributed by atoms with Crippen LogP contribution >= 0.6 is 0 Å². The fourth-order valence-corrected chi connectivity index (χ4v) is 1.40. The second-order valence-electron chi connectivity index (χ2n) is 3.29. The van der Waals surface area contributed by atoms with E-state index in [4.69, 9.17) is 14.6 Å². The number of carbonyl (C=O) groups is 1. The largest absolute Gasteiger partial charge is 0.497 e. The summed E-state index contributed by atoms with van der Waals surface area (Å²) in [5, 5.41) is 12.3. The molecule has 0 saturated carbocycles. The number of hydrogen-bond acceptors (Lipinski definition) is 6. The third kappa shape index (κ3) is 2.10. The standard InChI is InChI=1S/C11H10N2O5/c1-16-6-3-4-7(8(5-6)17-2)9-12-10(11(14)15)18-13-9/h3-5H,1-2H3,(H,14,15). The van der Waals surface area contributed by atoms with Crippen LogP contribution in [0.4, 0.5) is 0 Å². The van der Waals surface area contributed by atoms with Crippen molar-refractivity contribution in [2.24, 2.45) is 0 Å². The number of carboxylic acid groups (broad SMARTS) is 1. The topological polar surface area (TPSA) is 94.7 Å². The van der Waals surface area contributed by atoms with Gasteiger partial charge in [-0.2, -0.15) is 4.98 Å². The molecule has 0 spiro atoms. The van der Waals surface area contributed by atoms with Crippen LogP contribution in [-0.4, -0.2) is 35.4 Å². The van der Waals surface area contributed by atoms with Crippen LogP contribution in [0.25, 0.3) is 11.4 Å². The zero-order valence-electron chi connectivity index (χ0n) is 9.71. The van der Waals surface area contributed by atoms with Gasteiger partial charge in [-0.25, -0.2) is 4.79 Å². The highest BCUT2D eigenvalue weighted by atomic mass is 16.5. The van der Waals surface area contributed by atoms with Crippen molar-refractivity contribution in [3.8, 4) is 22.9 Å². The average Bonchev–Trinajstić information content (AvgIpc) is 2.87. The smallest absolute Gasteiger partial charge is 0.394 e. The van der Waals surface area contributed by atoms with Gasteiger partial charge in [0.15, 0.2) is 0 Å². The summed E-state index contributed by atoms with van der Waals surface area (Å²) in [7, 11) is 3.02. The molecule has 0 unspecified atom stereocenters. The molecule has 7 heteroatoms. The summed E-state index contributed by atoms with van der Waals surface area (Å²) in [6.45, 7) is 0. The van der Waals surface area contributed by atoms with Gasteiger partial charge in [0.1, 0.15) is 11.5 Å². The van der Waals surface area contributed by atoms with E-state index < -0.39 is 11.9 Å². The summed E-state index contributed by atoms with van der Waals surface area (Å²) < 4.78 is 14.8. The van der Waals surface area contributed by atoms with Crippen LogP contribution in [0.5, 0.6) is 11.5 Å². The van der Waals surface area contributed by atoms with Crippen LogP contribution in [0.15, 0.2) is 22.7 Å². The molecule has 0 aliphatic rings. The molecule has 1 aromatic carbocycles. The Hall–Kier alpha value is -2.57. The molecule has 1 N–H and O–H groups in total. The van der Waals surface area contributed by atoms with E-state index in [9.17, 15) is 4.79 Å². The maximum atomic E-state index is 10.7. The Morgan fingerprint density at radius 2 is 2.11 bits per heavy atom. The number of benzene rings is 1. The van der Waals surface area contributed by atoms with Crippen LogP contribution in [0.2, 0.25) is 0 Å².